The molecule has 1 atom stereocenters. The first-order valence-electron chi connectivity index (χ1n) is 7.35. The third-order valence-electron chi connectivity index (χ3n) is 3.44. The van der Waals surface area contributed by atoms with Gasteiger partial charge in [-0.1, -0.05) is 6.07 Å². The fraction of sp³-hybridized carbons (Fsp3) is 0.467. The molecule has 22 heavy (non-hydrogen) atoms. The van der Waals surface area contributed by atoms with Gasteiger partial charge in [-0.05, 0) is 24.8 Å². The number of nitrogens with zero attached hydrogens (tertiary/aromatic N) is 2. The molecular weight excluding hydrogens is 318 g/mol. The predicted molar refractivity (Wildman–Crippen MR) is 89.3 cm³/mol. The number of hydrogen-bond acceptors (Lipinski definition) is 5. The Balaban J connectivity index is 1.54. The van der Waals surface area contributed by atoms with Crippen molar-refractivity contribution in [3.8, 4) is 9.88 Å². The summed E-state index contributed by atoms with van der Waals surface area (Å²) in [5.41, 5.74) is 0.904. The summed E-state index contributed by atoms with van der Waals surface area (Å²) in [6, 6.07) is 4.04. The number of carbonyl (C=O) groups excluding carboxylic acids is 1. The number of rotatable bonds is 3. The van der Waals surface area contributed by atoms with Gasteiger partial charge in [0.05, 0.1) is 23.2 Å². The van der Waals surface area contributed by atoms with Crippen molar-refractivity contribution in [2.24, 2.45) is 0 Å². The van der Waals surface area contributed by atoms with Crippen LogP contribution in [0.3, 0.4) is 0 Å². The van der Waals surface area contributed by atoms with Crippen LogP contribution < -0.4 is 5.32 Å². The fourth-order valence-electron chi connectivity index (χ4n) is 2.36. The van der Waals surface area contributed by atoms with Gasteiger partial charge in [0.15, 0.2) is 0 Å². The van der Waals surface area contributed by atoms with Crippen LogP contribution in [0.25, 0.3) is 9.88 Å². The molecule has 1 N–H and O–H groups in total. The highest BCUT2D eigenvalue weighted by atomic mass is 32.1. The van der Waals surface area contributed by atoms with Gasteiger partial charge < -0.3 is 15.0 Å². The molecule has 0 unspecified atom stereocenters. The van der Waals surface area contributed by atoms with Crippen LogP contribution in [-0.2, 0) is 11.3 Å². The van der Waals surface area contributed by atoms with Crippen LogP contribution in [0.2, 0.25) is 0 Å². The van der Waals surface area contributed by atoms with Gasteiger partial charge in [-0.15, -0.1) is 22.7 Å². The molecule has 118 valence electrons. The molecule has 3 rings (SSSR count). The summed E-state index contributed by atoms with van der Waals surface area (Å²) in [5, 5.41) is 8.01. The second-order valence-corrected chi connectivity index (χ2v) is 7.07. The number of nitrogens with one attached hydrogen (secondary N) is 1. The predicted octanol–water partition coefficient (Wildman–Crippen LogP) is 3.19. The lowest BCUT2D eigenvalue weighted by Gasteiger charge is -2.22. The minimum Gasteiger partial charge on any atom is -0.377 e. The maximum absolute atomic E-state index is 12.2. The number of thiophene rings is 1. The maximum atomic E-state index is 12.2. The molecule has 1 fully saturated rings. The van der Waals surface area contributed by atoms with Crippen molar-refractivity contribution in [3.63, 3.8) is 0 Å². The number of urea groups is 1. The Labute approximate surface area is 137 Å². The van der Waals surface area contributed by atoms with Gasteiger partial charge in [0.1, 0.15) is 5.01 Å². The molecule has 5 nitrogen and oxygen atoms in total. The number of amides is 2. The van der Waals surface area contributed by atoms with Gasteiger partial charge in [-0.25, -0.2) is 9.78 Å². The molecule has 0 spiro atoms. The zero-order valence-electron chi connectivity index (χ0n) is 12.4. The second-order valence-electron chi connectivity index (χ2n) is 5.26. The summed E-state index contributed by atoms with van der Waals surface area (Å²) < 4.78 is 5.56. The highest BCUT2D eigenvalue weighted by Crippen LogP contribution is 2.27. The van der Waals surface area contributed by atoms with E-state index >= 15 is 0 Å². The van der Waals surface area contributed by atoms with Crippen molar-refractivity contribution in [2.75, 3.05) is 19.7 Å². The van der Waals surface area contributed by atoms with E-state index < -0.39 is 0 Å². The zero-order valence-corrected chi connectivity index (χ0v) is 14.1. The Morgan fingerprint density at radius 2 is 2.45 bits per heavy atom. The van der Waals surface area contributed by atoms with E-state index in [9.17, 15) is 4.79 Å². The molecule has 0 aliphatic carbocycles. The average molecular weight is 337 g/mol. The van der Waals surface area contributed by atoms with Gasteiger partial charge in [0, 0.05) is 25.1 Å². The maximum Gasteiger partial charge on any atom is 0.317 e. The Kier molecular flexibility index (Phi) is 5.07. The first-order valence-corrected chi connectivity index (χ1v) is 9.11. The molecule has 0 aromatic carbocycles. The molecule has 2 aromatic rings. The lowest BCUT2D eigenvalue weighted by molar-refractivity contribution is 0.0710. The van der Waals surface area contributed by atoms with Crippen molar-refractivity contribution in [1.82, 2.24) is 15.2 Å². The van der Waals surface area contributed by atoms with E-state index in [-0.39, 0.29) is 12.1 Å². The molecule has 1 aliphatic rings. The number of ether oxygens (including phenoxy) is 1. The van der Waals surface area contributed by atoms with Crippen LogP contribution in [0.5, 0.6) is 0 Å². The van der Waals surface area contributed by atoms with Gasteiger partial charge in [-0.2, -0.15) is 0 Å². The van der Waals surface area contributed by atoms with Crippen molar-refractivity contribution >= 4 is 28.7 Å². The van der Waals surface area contributed by atoms with Crippen molar-refractivity contribution in [3.05, 3.63) is 28.6 Å². The van der Waals surface area contributed by atoms with E-state index in [4.69, 9.17) is 4.74 Å². The second kappa shape index (κ2) is 7.21. The van der Waals surface area contributed by atoms with Crippen LogP contribution in [0.1, 0.15) is 19.0 Å². The molecule has 0 saturated carbocycles. The van der Waals surface area contributed by atoms with Crippen molar-refractivity contribution in [1.29, 1.82) is 0 Å². The van der Waals surface area contributed by atoms with Crippen LogP contribution in [0.15, 0.2) is 22.9 Å². The molecule has 3 heterocycles. The van der Waals surface area contributed by atoms with Crippen LogP contribution in [0.4, 0.5) is 4.79 Å². The van der Waals surface area contributed by atoms with E-state index in [0.29, 0.717) is 13.1 Å². The van der Waals surface area contributed by atoms with Crippen molar-refractivity contribution in [2.45, 2.75) is 26.0 Å². The molecule has 2 amide bonds. The summed E-state index contributed by atoms with van der Waals surface area (Å²) >= 11 is 3.29. The molecule has 1 saturated heterocycles. The Bertz CT molecular complexity index is 612. The molecule has 2 aromatic heterocycles. The summed E-state index contributed by atoms with van der Waals surface area (Å²) in [6.07, 6.45) is 0.981. The molecular formula is C15H19N3O2S2. The lowest BCUT2D eigenvalue weighted by atomic mass is 10.3. The van der Waals surface area contributed by atoms with Gasteiger partial charge in [-0.3, -0.25) is 0 Å². The van der Waals surface area contributed by atoms with E-state index in [1.165, 1.54) is 4.88 Å². The first kappa shape index (κ1) is 15.5. The Hall–Kier alpha value is -1.44. The fourth-order valence-corrected chi connectivity index (χ4v) is 3.99. The Morgan fingerprint density at radius 1 is 1.55 bits per heavy atom. The van der Waals surface area contributed by atoms with Gasteiger partial charge in [0.25, 0.3) is 0 Å². The Morgan fingerprint density at radius 3 is 3.27 bits per heavy atom. The average Bonchev–Trinajstić information content (AvgIpc) is 3.14. The largest absolute Gasteiger partial charge is 0.377 e. The lowest BCUT2D eigenvalue weighted by Crippen LogP contribution is -2.42. The zero-order chi connectivity index (χ0) is 15.4. The van der Waals surface area contributed by atoms with Crippen LogP contribution in [0, 0.1) is 0 Å². The number of aromatic nitrogens is 1. The van der Waals surface area contributed by atoms with Crippen molar-refractivity contribution < 1.29 is 9.53 Å². The van der Waals surface area contributed by atoms with Crippen LogP contribution >= 0.6 is 22.7 Å². The smallest absolute Gasteiger partial charge is 0.317 e. The highest BCUT2D eigenvalue weighted by Gasteiger charge is 2.19. The topological polar surface area (TPSA) is 54.5 Å². The third kappa shape index (κ3) is 3.85. The van der Waals surface area contributed by atoms with E-state index in [1.54, 1.807) is 22.7 Å². The van der Waals surface area contributed by atoms with Gasteiger partial charge >= 0.3 is 6.03 Å². The van der Waals surface area contributed by atoms with E-state index in [0.717, 1.165) is 30.3 Å². The number of carbonyl (C=O) groups is 1. The highest BCUT2D eigenvalue weighted by molar-refractivity contribution is 7.20. The first-order chi connectivity index (χ1) is 10.7. The molecule has 0 radical (unpaired) electrons. The minimum absolute atomic E-state index is 0.0389. The van der Waals surface area contributed by atoms with E-state index in [1.807, 2.05) is 28.7 Å². The summed E-state index contributed by atoms with van der Waals surface area (Å²) in [6.45, 7) is 4.57. The van der Waals surface area contributed by atoms with E-state index in [2.05, 4.69) is 16.4 Å². The minimum atomic E-state index is -0.0389. The SMILES string of the molecule is C[C@H]1CN(C(=O)NCc2csc(-c3cccs3)n2)CCCO1. The number of hydrogen-bond donors (Lipinski definition) is 1. The summed E-state index contributed by atoms with van der Waals surface area (Å²) in [5.74, 6) is 0. The monoisotopic (exact) mass is 337 g/mol. The normalized spacial score (nSPS) is 19.0. The standard InChI is InChI=1S/C15H19N3O2S2/c1-11-9-18(5-3-6-20-11)15(19)16-8-12-10-22-14(17-12)13-4-2-7-21-13/h2,4,7,10-11H,3,5-6,8-9H2,1H3,(H,16,19)/t11-/m0/s1. The molecule has 7 heteroatoms. The summed E-state index contributed by atoms with van der Waals surface area (Å²) in [4.78, 5) is 19.8. The third-order valence-corrected chi connectivity index (χ3v) is 5.37. The number of thiazole rings is 1. The quantitative estimate of drug-likeness (QED) is 0.936. The molecule has 0 bridgehead atoms. The summed E-state index contributed by atoms with van der Waals surface area (Å²) in [7, 11) is 0. The van der Waals surface area contributed by atoms with Gasteiger partial charge in [0.2, 0.25) is 0 Å². The van der Waals surface area contributed by atoms with Crippen LogP contribution in [-0.4, -0.2) is 41.7 Å². The molecule has 1 aliphatic heterocycles.